The van der Waals surface area contributed by atoms with Crippen LogP contribution in [0.25, 0.3) is 0 Å². The fourth-order valence-corrected chi connectivity index (χ4v) is 4.78. The molecule has 0 radical (unpaired) electrons. The lowest BCUT2D eigenvalue weighted by Crippen LogP contribution is -2.51. The van der Waals surface area contributed by atoms with E-state index in [0.29, 0.717) is 12.1 Å². The van der Waals surface area contributed by atoms with Gasteiger partial charge in [0.25, 0.3) is 0 Å². The lowest BCUT2D eigenvalue weighted by atomic mass is 9.93. The van der Waals surface area contributed by atoms with Gasteiger partial charge in [0.1, 0.15) is 0 Å². The number of benzene rings is 1. The maximum Gasteiger partial charge on any atom is 0.191 e. The van der Waals surface area contributed by atoms with Crippen molar-refractivity contribution in [3.8, 4) is 0 Å². The second-order valence-corrected chi connectivity index (χ2v) is 8.84. The quantitative estimate of drug-likeness (QED) is 0.545. The predicted molar refractivity (Wildman–Crippen MR) is 123 cm³/mol. The summed E-state index contributed by atoms with van der Waals surface area (Å²) in [7, 11) is 1.89. The molecule has 162 valence electrons. The van der Waals surface area contributed by atoms with Crippen LogP contribution in [0.1, 0.15) is 51.5 Å². The van der Waals surface area contributed by atoms with Crippen LogP contribution in [0.5, 0.6) is 0 Å². The molecule has 1 aromatic rings. The lowest BCUT2D eigenvalue weighted by molar-refractivity contribution is 0.134. The molecule has 0 bridgehead atoms. The van der Waals surface area contributed by atoms with E-state index in [1.54, 1.807) is 0 Å². The highest BCUT2D eigenvalue weighted by Crippen LogP contribution is 2.21. The summed E-state index contributed by atoms with van der Waals surface area (Å²) >= 11 is 0. The number of rotatable bonds is 7. The largest absolute Gasteiger partial charge is 0.356 e. The van der Waals surface area contributed by atoms with Crippen molar-refractivity contribution < 1.29 is 0 Å². The molecule has 2 N–H and O–H groups in total. The molecule has 3 rings (SSSR count). The third-order valence-electron chi connectivity index (χ3n) is 6.81. The van der Waals surface area contributed by atoms with Crippen LogP contribution in [0, 0.1) is 5.92 Å². The fraction of sp³-hybridized carbons (Fsp3) is 0.708. The van der Waals surface area contributed by atoms with Gasteiger partial charge in [-0.1, -0.05) is 37.3 Å². The first-order valence-electron chi connectivity index (χ1n) is 11.7. The van der Waals surface area contributed by atoms with Crippen LogP contribution in [0.4, 0.5) is 0 Å². The van der Waals surface area contributed by atoms with Gasteiger partial charge in [0.05, 0.1) is 0 Å². The first kappa shape index (κ1) is 22.1. The zero-order valence-electron chi connectivity index (χ0n) is 18.7. The van der Waals surface area contributed by atoms with Crippen LogP contribution in [0.3, 0.4) is 0 Å². The Hall–Kier alpha value is -1.59. The molecule has 29 heavy (non-hydrogen) atoms. The van der Waals surface area contributed by atoms with Gasteiger partial charge < -0.3 is 15.5 Å². The molecule has 0 aromatic heterocycles. The summed E-state index contributed by atoms with van der Waals surface area (Å²) in [6.07, 6.45) is 6.29. The molecule has 2 aliphatic heterocycles. The van der Waals surface area contributed by atoms with Gasteiger partial charge in [-0.3, -0.25) is 9.89 Å². The Kier molecular flexibility index (Phi) is 8.81. The van der Waals surface area contributed by atoms with Gasteiger partial charge in [0.2, 0.25) is 0 Å². The lowest BCUT2D eigenvalue weighted by Gasteiger charge is -2.38. The van der Waals surface area contributed by atoms with Gasteiger partial charge in [-0.25, -0.2) is 0 Å². The van der Waals surface area contributed by atoms with Gasteiger partial charge in [-0.05, 0) is 70.1 Å². The monoisotopic (exact) mass is 399 g/mol. The number of piperidine rings is 2. The number of likely N-dealkylation sites (tertiary alicyclic amines) is 2. The van der Waals surface area contributed by atoms with E-state index >= 15 is 0 Å². The molecule has 0 aliphatic carbocycles. The molecule has 0 saturated carbocycles. The number of guanidine groups is 1. The van der Waals surface area contributed by atoms with Crippen molar-refractivity contribution in [2.45, 2.75) is 64.6 Å². The van der Waals surface area contributed by atoms with Crippen LogP contribution in [0.2, 0.25) is 0 Å². The van der Waals surface area contributed by atoms with Crippen molar-refractivity contribution in [3.05, 3.63) is 35.9 Å². The number of nitrogens with zero attached hydrogens (tertiary/aromatic N) is 3. The summed E-state index contributed by atoms with van der Waals surface area (Å²) in [5.74, 6) is 1.84. The third-order valence-corrected chi connectivity index (χ3v) is 6.81. The van der Waals surface area contributed by atoms with E-state index in [2.05, 4.69) is 69.6 Å². The van der Waals surface area contributed by atoms with Gasteiger partial charge >= 0.3 is 0 Å². The molecular formula is C24H41N5. The van der Waals surface area contributed by atoms with Crippen molar-refractivity contribution in [3.63, 3.8) is 0 Å². The Morgan fingerprint density at radius 1 is 1.10 bits per heavy atom. The average molecular weight is 400 g/mol. The maximum atomic E-state index is 4.47. The van der Waals surface area contributed by atoms with Gasteiger partial charge in [-0.2, -0.15) is 0 Å². The van der Waals surface area contributed by atoms with Crippen molar-refractivity contribution in [2.24, 2.45) is 10.9 Å². The van der Waals surface area contributed by atoms with Crippen molar-refractivity contribution in [1.82, 2.24) is 20.4 Å². The second-order valence-electron chi connectivity index (χ2n) is 8.84. The molecule has 2 heterocycles. The molecule has 0 amide bonds. The molecule has 2 unspecified atom stereocenters. The molecule has 5 heteroatoms. The second kappa shape index (κ2) is 11.6. The fourth-order valence-electron chi connectivity index (χ4n) is 4.78. The minimum Gasteiger partial charge on any atom is -0.356 e. The molecule has 2 aliphatic rings. The predicted octanol–water partition coefficient (Wildman–Crippen LogP) is 3.33. The van der Waals surface area contributed by atoms with Crippen LogP contribution >= 0.6 is 0 Å². The van der Waals surface area contributed by atoms with Crippen molar-refractivity contribution in [2.75, 3.05) is 39.8 Å². The smallest absolute Gasteiger partial charge is 0.191 e. The minimum absolute atomic E-state index is 0.510. The Morgan fingerprint density at radius 3 is 2.52 bits per heavy atom. The standard InChI is InChI=1S/C24H41N5/c1-4-28-15-11-21(12-16-28)10-14-26-24(25-3)27-23-13-17-29(20(2)18-23)19-22-8-6-5-7-9-22/h5-9,20-21,23H,4,10-19H2,1-3H3,(H2,25,26,27). The van der Waals surface area contributed by atoms with Gasteiger partial charge in [0, 0.05) is 38.8 Å². The summed E-state index contributed by atoms with van der Waals surface area (Å²) in [6, 6.07) is 11.9. The average Bonchev–Trinajstić information content (AvgIpc) is 2.76. The number of hydrogen-bond donors (Lipinski definition) is 2. The summed E-state index contributed by atoms with van der Waals surface area (Å²) in [4.78, 5) is 9.64. The zero-order chi connectivity index (χ0) is 20.5. The van der Waals surface area contributed by atoms with E-state index in [1.807, 2.05) is 7.05 Å². The Morgan fingerprint density at radius 2 is 1.86 bits per heavy atom. The molecule has 2 atom stereocenters. The van der Waals surface area contributed by atoms with E-state index in [0.717, 1.165) is 31.5 Å². The van der Waals surface area contributed by atoms with Crippen LogP contribution in [-0.4, -0.2) is 67.6 Å². The molecule has 1 aromatic carbocycles. The van der Waals surface area contributed by atoms with Gasteiger partial charge in [-0.15, -0.1) is 0 Å². The van der Waals surface area contributed by atoms with Crippen molar-refractivity contribution >= 4 is 5.96 Å². The number of hydrogen-bond acceptors (Lipinski definition) is 3. The van der Waals surface area contributed by atoms with Gasteiger partial charge in [0.15, 0.2) is 5.96 Å². The maximum absolute atomic E-state index is 4.47. The first-order valence-corrected chi connectivity index (χ1v) is 11.7. The van der Waals surface area contributed by atoms with E-state index in [4.69, 9.17) is 0 Å². The highest BCUT2D eigenvalue weighted by atomic mass is 15.2. The highest BCUT2D eigenvalue weighted by molar-refractivity contribution is 5.79. The molecule has 2 fully saturated rings. The van der Waals surface area contributed by atoms with Crippen LogP contribution in [0.15, 0.2) is 35.3 Å². The molecule has 5 nitrogen and oxygen atoms in total. The van der Waals surface area contributed by atoms with E-state index < -0.39 is 0 Å². The zero-order valence-corrected chi connectivity index (χ0v) is 18.7. The van der Waals surface area contributed by atoms with E-state index in [-0.39, 0.29) is 0 Å². The van der Waals surface area contributed by atoms with Crippen LogP contribution < -0.4 is 10.6 Å². The SMILES string of the molecule is CCN1CCC(CCNC(=NC)NC2CCN(Cc3ccccc3)C(C)C2)CC1. The molecule has 2 saturated heterocycles. The normalized spacial score (nSPS) is 25.1. The summed E-state index contributed by atoms with van der Waals surface area (Å²) in [6.45, 7) is 11.6. The number of aliphatic imine (C=N–C) groups is 1. The summed E-state index contributed by atoms with van der Waals surface area (Å²) < 4.78 is 0. The summed E-state index contributed by atoms with van der Waals surface area (Å²) in [5, 5.41) is 7.25. The Bertz CT molecular complexity index is 609. The number of nitrogens with one attached hydrogen (secondary N) is 2. The Balaban J connectivity index is 1.36. The molecule has 0 spiro atoms. The third kappa shape index (κ3) is 7.00. The first-order chi connectivity index (χ1) is 14.2. The minimum atomic E-state index is 0.510. The van der Waals surface area contributed by atoms with Crippen LogP contribution in [-0.2, 0) is 6.54 Å². The van der Waals surface area contributed by atoms with E-state index in [1.165, 1.54) is 57.3 Å². The van der Waals surface area contributed by atoms with Crippen molar-refractivity contribution in [1.29, 1.82) is 0 Å². The Labute approximate surface area is 178 Å². The van der Waals surface area contributed by atoms with E-state index in [9.17, 15) is 0 Å². The topological polar surface area (TPSA) is 42.9 Å². The molecular weight excluding hydrogens is 358 g/mol. The highest BCUT2D eigenvalue weighted by Gasteiger charge is 2.26. The summed E-state index contributed by atoms with van der Waals surface area (Å²) in [5.41, 5.74) is 1.41.